The summed E-state index contributed by atoms with van der Waals surface area (Å²) in [4.78, 5) is 17.2. The van der Waals surface area contributed by atoms with E-state index in [-0.39, 0.29) is 11.6 Å². The number of hydrogen-bond acceptors (Lipinski definition) is 5. The van der Waals surface area contributed by atoms with Crippen LogP contribution < -0.4 is 5.73 Å². The molecule has 0 saturated heterocycles. The monoisotopic (exact) mass is 256 g/mol. The van der Waals surface area contributed by atoms with Crippen LogP contribution in [0.3, 0.4) is 0 Å². The van der Waals surface area contributed by atoms with E-state index in [0.29, 0.717) is 17.1 Å². The van der Waals surface area contributed by atoms with E-state index in [1.807, 2.05) is 6.07 Å². The van der Waals surface area contributed by atoms with Gasteiger partial charge < -0.3 is 10.6 Å². The normalized spacial score (nSPS) is 9.95. The van der Waals surface area contributed by atoms with E-state index >= 15 is 0 Å². The minimum atomic E-state index is -0.215. The lowest BCUT2D eigenvalue weighted by Crippen LogP contribution is -2.22. The fraction of sp³-hybridized carbons (Fsp3) is 0.167. The molecule has 2 aromatic rings. The average Bonchev–Trinajstić information content (AvgIpc) is 2.86. The lowest BCUT2D eigenvalue weighted by molar-refractivity contribution is 0.0821. The average molecular weight is 256 g/mol. The summed E-state index contributed by atoms with van der Waals surface area (Å²) in [6.07, 6.45) is 3.02. The Kier molecular flexibility index (Phi) is 3.16. The van der Waals surface area contributed by atoms with Crippen molar-refractivity contribution in [2.24, 2.45) is 0 Å². The summed E-state index contributed by atoms with van der Waals surface area (Å²) >= 11 is 0. The highest BCUT2D eigenvalue weighted by molar-refractivity contribution is 5.91. The van der Waals surface area contributed by atoms with E-state index in [4.69, 9.17) is 11.0 Å². The zero-order chi connectivity index (χ0) is 14.0. The van der Waals surface area contributed by atoms with E-state index in [0.717, 1.165) is 0 Å². The first-order valence-electron chi connectivity index (χ1n) is 5.46. The van der Waals surface area contributed by atoms with Gasteiger partial charge in [0, 0.05) is 20.3 Å². The Labute approximate surface area is 109 Å². The molecule has 2 heterocycles. The molecule has 7 heteroatoms. The fourth-order valence-electron chi connectivity index (χ4n) is 1.52. The molecule has 2 N–H and O–H groups in total. The molecule has 0 aliphatic carbocycles. The zero-order valence-corrected chi connectivity index (χ0v) is 10.5. The van der Waals surface area contributed by atoms with Gasteiger partial charge in [-0.15, -0.1) is 0 Å². The van der Waals surface area contributed by atoms with E-state index in [2.05, 4.69) is 10.1 Å². The summed E-state index contributed by atoms with van der Waals surface area (Å²) in [5, 5.41) is 13.2. The fourth-order valence-corrected chi connectivity index (χ4v) is 1.52. The molecule has 7 nitrogen and oxygen atoms in total. The molecule has 2 aromatic heterocycles. The maximum atomic E-state index is 11.7. The molecule has 2 rings (SSSR count). The number of nitrogens with two attached hydrogens (primary N) is 1. The topological polar surface area (TPSA) is 101 Å². The van der Waals surface area contributed by atoms with Crippen LogP contribution in [0.15, 0.2) is 24.5 Å². The smallest absolute Gasteiger partial charge is 0.273 e. The predicted octanol–water partition coefficient (Wildman–Crippen LogP) is 0.423. The summed E-state index contributed by atoms with van der Waals surface area (Å²) in [5.74, 6) is 0.127. The van der Waals surface area contributed by atoms with E-state index < -0.39 is 0 Å². The molecule has 0 unspecified atom stereocenters. The second-order valence-corrected chi connectivity index (χ2v) is 4.10. The van der Waals surface area contributed by atoms with Crippen LogP contribution >= 0.6 is 0 Å². The second kappa shape index (κ2) is 4.78. The highest BCUT2D eigenvalue weighted by Crippen LogP contribution is 2.14. The van der Waals surface area contributed by atoms with Crippen molar-refractivity contribution in [3.05, 3.63) is 35.8 Å². The molecule has 0 fully saturated rings. The Balaban J connectivity index is 2.44. The second-order valence-electron chi connectivity index (χ2n) is 4.10. The van der Waals surface area contributed by atoms with Crippen molar-refractivity contribution in [1.29, 1.82) is 5.26 Å². The molecular formula is C12H12N6O. The van der Waals surface area contributed by atoms with Crippen molar-refractivity contribution in [2.75, 3.05) is 19.8 Å². The van der Waals surface area contributed by atoms with Crippen LogP contribution in [0.25, 0.3) is 5.82 Å². The molecule has 96 valence electrons. The molecule has 0 spiro atoms. The number of nitriles is 1. The predicted molar refractivity (Wildman–Crippen MR) is 68.5 cm³/mol. The standard InChI is InChI=1S/C12H12N6O/c1-17(2)12(19)10-3-4-18(16-10)11-8(6-13)5-9(14)7-15-11/h3-5,7H,14H2,1-2H3. The van der Waals surface area contributed by atoms with Crippen molar-refractivity contribution >= 4 is 11.6 Å². The zero-order valence-electron chi connectivity index (χ0n) is 10.5. The number of carbonyl (C=O) groups excluding carboxylic acids is 1. The Morgan fingerprint density at radius 2 is 2.26 bits per heavy atom. The van der Waals surface area contributed by atoms with E-state index in [1.54, 1.807) is 26.4 Å². The number of pyridine rings is 1. The van der Waals surface area contributed by atoms with Crippen molar-refractivity contribution in [2.45, 2.75) is 0 Å². The first-order valence-corrected chi connectivity index (χ1v) is 5.46. The number of carbonyl (C=O) groups is 1. The minimum Gasteiger partial charge on any atom is -0.397 e. The largest absolute Gasteiger partial charge is 0.397 e. The minimum absolute atomic E-state index is 0.215. The van der Waals surface area contributed by atoms with Gasteiger partial charge in [0.1, 0.15) is 6.07 Å². The van der Waals surface area contributed by atoms with Gasteiger partial charge in [-0.2, -0.15) is 10.4 Å². The quantitative estimate of drug-likeness (QED) is 0.839. The van der Waals surface area contributed by atoms with Gasteiger partial charge in [0.05, 0.1) is 17.4 Å². The van der Waals surface area contributed by atoms with E-state index in [1.165, 1.54) is 21.8 Å². The summed E-state index contributed by atoms with van der Waals surface area (Å²) in [6, 6.07) is 5.08. The molecule has 0 bridgehead atoms. The van der Waals surface area contributed by atoms with Gasteiger partial charge in [0.2, 0.25) is 0 Å². The SMILES string of the molecule is CN(C)C(=O)c1ccn(-c2ncc(N)cc2C#N)n1. The summed E-state index contributed by atoms with van der Waals surface area (Å²) < 4.78 is 1.38. The first-order chi connectivity index (χ1) is 9.02. The van der Waals surface area contributed by atoms with Gasteiger partial charge in [-0.25, -0.2) is 9.67 Å². The highest BCUT2D eigenvalue weighted by atomic mass is 16.2. The highest BCUT2D eigenvalue weighted by Gasteiger charge is 2.14. The van der Waals surface area contributed by atoms with Crippen LogP contribution in [0.1, 0.15) is 16.1 Å². The molecule has 0 radical (unpaired) electrons. The van der Waals surface area contributed by atoms with Gasteiger partial charge in [-0.1, -0.05) is 0 Å². The number of amides is 1. The van der Waals surface area contributed by atoms with Gasteiger partial charge in [0.15, 0.2) is 11.5 Å². The van der Waals surface area contributed by atoms with Gasteiger partial charge in [0.25, 0.3) is 5.91 Å². The summed E-state index contributed by atoms with van der Waals surface area (Å²) in [5.41, 5.74) is 6.55. The number of aromatic nitrogens is 3. The van der Waals surface area contributed by atoms with Crippen LogP contribution in [0.2, 0.25) is 0 Å². The number of anilines is 1. The van der Waals surface area contributed by atoms with Crippen LogP contribution in [-0.4, -0.2) is 39.7 Å². The third-order valence-corrected chi connectivity index (χ3v) is 2.44. The Bertz CT molecular complexity index is 667. The molecule has 1 amide bonds. The van der Waals surface area contributed by atoms with Gasteiger partial charge in [-0.05, 0) is 12.1 Å². The van der Waals surface area contributed by atoms with Crippen molar-refractivity contribution in [3.8, 4) is 11.9 Å². The number of nitrogens with zero attached hydrogens (tertiary/aromatic N) is 5. The van der Waals surface area contributed by atoms with Crippen LogP contribution in [0, 0.1) is 11.3 Å². The van der Waals surface area contributed by atoms with Crippen LogP contribution in [0.5, 0.6) is 0 Å². The molecule has 0 aliphatic rings. The van der Waals surface area contributed by atoms with Crippen molar-refractivity contribution < 1.29 is 4.79 Å². The summed E-state index contributed by atoms with van der Waals surface area (Å²) in [7, 11) is 3.28. The molecular weight excluding hydrogens is 244 g/mol. The van der Waals surface area contributed by atoms with Gasteiger partial charge in [-0.3, -0.25) is 4.79 Å². The lowest BCUT2D eigenvalue weighted by atomic mass is 10.2. The van der Waals surface area contributed by atoms with Gasteiger partial charge >= 0.3 is 0 Å². The Morgan fingerprint density at radius 3 is 2.89 bits per heavy atom. The molecule has 19 heavy (non-hydrogen) atoms. The summed E-state index contributed by atoms with van der Waals surface area (Å²) in [6.45, 7) is 0. The number of hydrogen-bond donors (Lipinski definition) is 1. The lowest BCUT2D eigenvalue weighted by Gasteiger charge is -2.07. The maximum Gasteiger partial charge on any atom is 0.273 e. The van der Waals surface area contributed by atoms with E-state index in [9.17, 15) is 4.79 Å². The molecule has 0 aliphatic heterocycles. The molecule has 0 atom stereocenters. The number of rotatable bonds is 2. The first kappa shape index (κ1) is 12.6. The maximum absolute atomic E-state index is 11.7. The van der Waals surface area contributed by atoms with Crippen molar-refractivity contribution in [1.82, 2.24) is 19.7 Å². The third-order valence-electron chi connectivity index (χ3n) is 2.44. The Morgan fingerprint density at radius 1 is 1.53 bits per heavy atom. The van der Waals surface area contributed by atoms with Crippen LogP contribution in [-0.2, 0) is 0 Å². The number of nitrogen functional groups attached to an aromatic ring is 1. The third kappa shape index (κ3) is 2.37. The molecule has 0 aromatic carbocycles. The van der Waals surface area contributed by atoms with Crippen LogP contribution in [0.4, 0.5) is 5.69 Å². The Hall–Kier alpha value is -2.88. The van der Waals surface area contributed by atoms with Crippen molar-refractivity contribution in [3.63, 3.8) is 0 Å². The molecule has 0 saturated carbocycles.